The topological polar surface area (TPSA) is 49.8 Å². The van der Waals surface area contributed by atoms with E-state index in [0.29, 0.717) is 21.9 Å². The summed E-state index contributed by atoms with van der Waals surface area (Å²) in [5.41, 5.74) is 1.61. The van der Waals surface area contributed by atoms with Gasteiger partial charge in [0, 0.05) is 23.3 Å². The van der Waals surface area contributed by atoms with Gasteiger partial charge in [0.2, 0.25) is 5.95 Å². The van der Waals surface area contributed by atoms with Gasteiger partial charge in [0.1, 0.15) is 5.82 Å². The molecule has 0 aliphatic heterocycles. The molecule has 0 aliphatic rings. The average molecular weight is 339 g/mol. The van der Waals surface area contributed by atoms with E-state index in [-0.39, 0.29) is 0 Å². The largest absolute Gasteiger partial charge is 0.370 e. The normalized spacial score (nSPS) is 10.8. The summed E-state index contributed by atoms with van der Waals surface area (Å²) in [6, 6.07) is 7.19. The number of hydrogen-bond acceptors (Lipinski definition) is 4. The van der Waals surface area contributed by atoms with Gasteiger partial charge in [0.05, 0.1) is 10.7 Å². The Morgan fingerprint density at radius 1 is 1.14 bits per heavy atom. The van der Waals surface area contributed by atoms with Crippen LogP contribution in [0.15, 0.2) is 24.3 Å². The van der Waals surface area contributed by atoms with Crippen molar-refractivity contribution in [3.8, 4) is 0 Å². The third-order valence-corrected chi connectivity index (χ3v) is 3.61. The van der Waals surface area contributed by atoms with Crippen LogP contribution in [0, 0.1) is 12.8 Å². The molecular weight excluding hydrogens is 319 g/mol. The first kappa shape index (κ1) is 16.8. The van der Waals surface area contributed by atoms with Crippen LogP contribution >= 0.6 is 23.2 Å². The van der Waals surface area contributed by atoms with Crippen LogP contribution < -0.4 is 10.6 Å². The van der Waals surface area contributed by atoms with Crippen LogP contribution in [0.25, 0.3) is 0 Å². The van der Waals surface area contributed by atoms with Crippen molar-refractivity contribution >= 4 is 40.7 Å². The van der Waals surface area contributed by atoms with E-state index < -0.39 is 0 Å². The number of nitrogens with zero attached hydrogens (tertiary/aromatic N) is 2. The summed E-state index contributed by atoms with van der Waals surface area (Å²) >= 11 is 12.1. The van der Waals surface area contributed by atoms with Gasteiger partial charge >= 0.3 is 0 Å². The van der Waals surface area contributed by atoms with Crippen molar-refractivity contribution in [2.24, 2.45) is 5.92 Å². The second kappa shape index (κ2) is 7.65. The molecular formula is C16H20Cl2N4. The van der Waals surface area contributed by atoms with Crippen molar-refractivity contribution in [2.45, 2.75) is 27.2 Å². The number of halogens is 2. The number of aryl methyl sites for hydroxylation is 1. The van der Waals surface area contributed by atoms with E-state index in [1.54, 1.807) is 12.1 Å². The molecule has 0 amide bonds. The number of hydrogen-bond donors (Lipinski definition) is 2. The highest BCUT2D eigenvalue weighted by molar-refractivity contribution is 6.36. The molecule has 2 N–H and O–H groups in total. The molecule has 0 atom stereocenters. The minimum absolute atomic E-state index is 0.510. The maximum absolute atomic E-state index is 6.16. The Balaban J connectivity index is 2.12. The van der Waals surface area contributed by atoms with E-state index in [2.05, 4.69) is 34.4 Å². The summed E-state index contributed by atoms with van der Waals surface area (Å²) in [6.45, 7) is 7.21. The van der Waals surface area contributed by atoms with Crippen LogP contribution in [-0.4, -0.2) is 16.5 Å². The Morgan fingerprint density at radius 2 is 1.91 bits per heavy atom. The van der Waals surface area contributed by atoms with E-state index in [4.69, 9.17) is 23.2 Å². The van der Waals surface area contributed by atoms with Crippen LogP contribution in [-0.2, 0) is 0 Å². The molecule has 2 aromatic rings. The highest BCUT2D eigenvalue weighted by atomic mass is 35.5. The van der Waals surface area contributed by atoms with Crippen molar-refractivity contribution in [3.05, 3.63) is 40.0 Å². The van der Waals surface area contributed by atoms with Crippen molar-refractivity contribution in [1.29, 1.82) is 0 Å². The van der Waals surface area contributed by atoms with Crippen LogP contribution in [0.3, 0.4) is 0 Å². The molecule has 1 heterocycles. The molecule has 0 bridgehead atoms. The average Bonchev–Trinajstić information content (AvgIpc) is 2.41. The zero-order valence-corrected chi connectivity index (χ0v) is 14.5. The van der Waals surface area contributed by atoms with Crippen LogP contribution in [0.4, 0.5) is 17.5 Å². The van der Waals surface area contributed by atoms with Crippen molar-refractivity contribution in [2.75, 3.05) is 17.2 Å². The Hall–Kier alpha value is -1.52. The summed E-state index contributed by atoms with van der Waals surface area (Å²) in [4.78, 5) is 8.85. The molecule has 0 saturated carbocycles. The van der Waals surface area contributed by atoms with Crippen LogP contribution in [0.2, 0.25) is 10.0 Å². The first-order chi connectivity index (χ1) is 10.4. The number of aromatic nitrogens is 2. The lowest BCUT2D eigenvalue weighted by Crippen LogP contribution is -2.08. The van der Waals surface area contributed by atoms with E-state index >= 15 is 0 Å². The van der Waals surface area contributed by atoms with Gasteiger partial charge in [-0.25, -0.2) is 4.98 Å². The van der Waals surface area contributed by atoms with E-state index in [1.165, 1.54) is 0 Å². The molecule has 1 aromatic carbocycles. The number of anilines is 3. The highest BCUT2D eigenvalue weighted by Gasteiger charge is 2.06. The summed E-state index contributed by atoms with van der Waals surface area (Å²) in [6.07, 6.45) is 1.09. The Labute approximate surface area is 141 Å². The lowest BCUT2D eigenvalue weighted by Gasteiger charge is -2.11. The summed E-state index contributed by atoms with van der Waals surface area (Å²) in [5.74, 6) is 1.97. The standard InChI is InChI=1S/C16H20Cl2N4/c1-10(2)6-7-19-15-8-11(3)20-16(22-15)21-14-5-4-12(17)9-13(14)18/h4-5,8-10H,6-7H2,1-3H3,(H2,19,20,21,22). The van der Waals surface area contributed by atoms with Gasteiger partial charge in [-0.3, -0.25) is 0 Å². The molecule has 118 valence electrons. The van der Waals surface area contributed by atoms with Gasteiger partial charge in [0.25, 0.3) is 0 Å². The predicted octanol–water partition coefficient (Wildman–Crippen LogP) is 5.29. The molecule has 22 heavy (non-hydrogen) atoms. The highest BCUT2D eigenvalue weighted by Crippen LogP contribution is 2.27. The van der Waals surface area contributed by atoms with Gasteiger partial charge < -0.3 is 10.6 Å². The van der Waals surface area contributed by atoms with E-state index in [9.17, 15) is 0 Å². The Kier molecular flexibility index (Phi) is 5.86. The lowest BCUT2D eigenvalue weighted by molar-refractivity contribution is 0.606. The minimum atomic E-state index is 0.510. The van der Waals surface area contributed by atoms with Gasteiger partial charge in [-0.15, -0.1) is 0 Å². The van der Waals surface area contributed by atoms with E-state index in [0.717, 1.165) is 30.2 Å². The molecule has 0 unspecified atom stereocenters. The fourth-order valence-corrected chi connectivity index (χ4v) is 2.37. The Bertz CT molecular complexity index is 644. The minimum Gasteiger partial charge on any atom is -0.370 e. The van der Waals surface area contributed by atoms with Crippen molar-refractivity contribution in [1.82, 2.24) is 9.97 Å². The van der Waals surface area contributed by atoms with Crippen LogP contribution in [0.5, 0.6) is 0 Å². The summed E-state index contributed by atoms with van der Waals surface area (Å²) in [7, 11) is 0. The van der Waals surface area contributed by atoms with Gasteiger partial charge in [-0.1, -0.05) is 37.0 Å². The molecule has 0 spiro atoms. The van der Waals surface area contributed by atoms with E-state index in [1.807, 2.05) is 19.1 Å². The van der Waals surface area contributed by atoms with Gasteiger partial charge in [0.15, 0.2) is 0 Å². The Morgan fingerprint density at radius 3 is 2.59 bits per heavy atom. The molecule has 0 radical (unpaired) electrons. The van der Waals surface area contributed by atoms with Gasteiger partial charge in [-0.2, -0.15) is 4.98 Å². The SMILES string of the molecule is Cc1cc(NCCC(C)C)nc(Nc2ccc(Cl)cc2Cl)n1. The zero-order chi connectivity index (χ0) is 16.1. The smallest absolute Gasteiger partial charge is 0.229 e. The first-order valence-corrected chi connectivity index (χ1v) is 8.01. The van der Waals surface area contributed by atoms with Crippen molar-refractivity contribution < 1.29 is 0 Å². The second-order valence-electron chi connectivity index (χ2n) is 5.58. The molecule has 6 heteroatoms. The molecule has 0 saturated heterocycles. The van der Waals surface area contributed by atoms with Crippen molar-refractivity contribution in [3.63, 3.8) is 0 Å². The molecule has 2 rings (SSSR count). The molecule has 0 aliphatic carbocycles. The third kappa shape index (κ3) is 5.04. The summed E-state index contributed by atoms with van der Waals surface area (Å²) in [5, 5.41) is 7.58. The fourth-order valence-electron chi connectivity index (χ4n) is 1.92. The lowest BCUT2D eigenvalue weighted by atomic mass is 10.1. The zero-order valence-electron chi connectivity index (χ0n) is 13.0. The monoisotopic (exact) mass is 338 g/mol. The number of rotatable bonds is 6. The second-order valence-corrected chi connectivity index (χ2v) is 6.42. The molecule has 1 aromatic heterocycles. The quantitative estimate of drug-likeness (QED) is 0.750. The first-order valence-electron chi connectivity index (χ1n) is 7.25. The third-order valence-electron chi connectivity index (χ3n) is 3.06. The predicted molar refractivity (Wildman–Crippen MR) is 94.5 cm³/mol. The van der Waals surface area contributed by atoms with Gasteiger partial charge in [-0.05, 0) is 37.5 Å². The number of benzene rings is 1. The maximum atomic E-state index is 6.16. The number of nitrogens with one attached hydrogen (secondary N) is 2. The molecule has 4 nitrogen and oxygen atoms in total. The maximum Gasteiger partial charge on any atom is 0.229 e. The van der Waals surface area contributed by atoms with Crippen LogP contribution in [0.1, 0.15) is 26.0 Å². The summed E-state index contributed by atoms with van der Waals surface area (Å²) < 4.78 is 0. The fraction of sp³-hybridized carbons (Fsp3) is 0.375. The molecule has 0 fully saturated rings.